The Balaban J connectivity index is 0.000000227. The summed E-state index contributed by atoms with van der Waals surface area (Å²) in [4.78, 5) is 45.0. The molecule has 0 spiro atoms. The van der Waals surface area contributed by atoms with Gasteiger partial charge in [0.25, 0.3) is 11.8 Å². The maximum atomic E-state index is 13.2. The van der Waals surface area contributed by atoms with Crippen LogP contribution in [0.3, 0.4) is 0 Å². The molecule has 11 heteroatoms. The Hall–Kier alpha value is -5.91. The van der Waals surface area contributed by atoms with Gasteiger partial charge in [-0.25, -0.2) is 14.4 Å². The molecule has 0 atom stereocenters. The molecule has 0 radical (unpaired) electrons. The molecule has 0 aliphatic carbocycles. The monoisotopic (exact) mass is 772 g/mol. The normalized spacial score (nSPS) is 10.6. The maximum Gasteiger partial charge on any atom is 0.254 e. The number of imidazole rings is 2. The SMILES string of the molecule is CCN(CC)CCN(Cc1ccccc1)C(=O)c1ccc(-n2ccnc2)cc1.CCN(CC)CCN(Cc1ccccc1)C(=O)c1ccc(F)cc1.c1c[nH]cn1. The summed E-state index contributed by atoms with van der Waals surface area (Å²) in [6, 6.07) is 33.6. The van der Waals surface area contributed by atoms with Gasteiger partial charge in [-0.3, -0.25) is 9.59 Å². The molecule has 0 fully saturated rings. The van der Waals surface area contributed by atoms with Crippen LogP contribution in [0.5, 0.6) is 0 Å². The van der Waals surface area contributed by atoms with Crippen LogP contribution in [0.25, 0.3) is 5.69 Å². The number of likely N-dealkylation sites (N-methyl/N-ethyl adjacent to an activating group) is 2. The van der Waals surface area contributed by atoms with E-state index in [1.165, 1.54) is 12.1 Å². The molecule has 300 valence electrons. The van der Waals surface area contributed by atoms with Crippen LogP contribution >= 0.6 is 0 Å². The van der Waals surface area contributed by atoms with Gasteiger partial charge in [-0.1, -0.05) is 88.4 Å². The van der Waals surface area contributed by atoms with Gasteiger partial charge in [-0.15, -0.1) is 0 Å². The average molecular weight is 773 g/mol. The largest absolute Gasteiger partial charge is 0.351 e. The summed E-state index contributed by atoms with van der Waals surface area (Å²) in [6.07, 6.45) is 10.5. The number of rotatable bonds is 17. The quantitative estimate of drug-likeness (QED) is 0.101. The van der Waals surface area contributed by atoms with Gasteiger partial charge in [0.1, 0.15) is 5.82 Å². The average Bonchev–Trinajstić information content (AvgIpc) is 4.04. The number of hydrogen-bond acceptors (Lipinski definition) is 6. The van der Waals surface area contributed by atoms with Crippen LogP contribution in [0.4, 0.5) is 4.39 Å². The third-order valence-electron chi connectivity index (χ3n) is 9.58. The third kappa shape index (κ3) is 14.9. The van der Waals surface area contributed by atoms with Gasteiger partial charge in [0.05, 0.1) is 12.7 Å². The summed E-state index contributed by atoms with van der Waals surface area (Å²) in [7, 11) is 0. The molecule has 4 aromatic carbocycles. The Morgan fingerprint density at radius 2 is 1.07 bits per heavy atom. The van der Waals surface area contributed by atoms with Crippen LogP contribution in [0.2, 0.25) is 0 Å². The molecule has 6 aromatic rings. The smallest absolute Gasteiger partial charge is 0.254 e. The number of halogens is 1. The van der Waals surface area contributed by atoms with E-state index in [1.807, 2.05) is 93.4 Å². The van der Waals surface area contributed by atoms with Crippen LogP contribution in [0.1, 0.15) is 59.5 Å². The second-order valence-electron chi connectivity index (χ2n) is 13.3. The molecule has 0 aliphatic rings. The highest BCUT2D eigenvalue weighted by Gasteiger charge is 2.18. The maximum absolute atomic E-state index is 13.2. The topological polar surface area (TPSA) is 93.6 Å². The van der Waals surface area contributed by atoms with Crippen molar-refractivity contribution in [1.82, 2.24) is 39.1 Å². The van der Waals surface area contributed by atoms with Crippen molar-refractivity contribution in [2.24, 2.45) is 0 Å². The predicted octanol–water partition coefficient (Wildman–Crippen LogP) is 8.08. The lowest BCUT2D eigenvalue weighted by Gasteiger charge is -2.27. The molecule has 2 heterocycles. The zero-order chi connectivity index (χ0) is 40.7. The molecule has 10 nitrogen and oxygen atoms in total. The standard InChI is InChI=1S/C23H28N4O.C20H25FN2O.C3H4N2/c1-3-25(4-2)16-17-26(18-20-8-6-5-7-9-20)23(28)21-10-12-22(13-11-21)27-15-14-24-19-27;1-3-22(4-2)14-15-23(16-17-8-6-5-7-9-17)20(24)18-10-12-19(21)13-11-18;1-2-5-3-4-1/h5-15,19H,3-4,16-18H2,1-2H3;5-13H,3-4,14-16H2,1-2H3;1-3H,(H,4,5). The fourth-order valence-electron chi connectivity index (χ4n) is 6.08. The van der Waals surface area contributed by atoms with Crippen LogP contribution in [-0.4, -0.2) is 103 Å². The van der Waals surface area contributed by atoms with Crippen molar-refractivity contribution >= 4 is 11.8 Å². The number of H-pyrrole nitrogens is 1. The third-order valence-corrected chi connectivity index (χ3v) is 9.58. The number of nitrogens with one attached hydrogen (secondary N) is 1. The highest BCUT2D eigenvalue weighted by molar-refractivity contribution is 5.94. The van der Waals surface area contributed by atoms with E-state index in [2.05, 4.69) is 64.6 Å². The van der Waals surface area contributed by atoms with E-state index in [4.69, 9.17) is 0 Å². The van der Waals surface area contributed by atoms with Crippen molar-refractivity contribution in [2.45, 2.75) is 40.8 Å². The lowest BCUT2D eigenvalue weighted by Crippen LogP contribution is -2.38. The Morgan fingerprint density at radius 3 is 1.44 bits per heavy atom. The van der Waals surface area contributed by atoms with Crippen LogP contribution in [-0.2, 0) is 13.1 Å². The molecule has 0 saturated heterocycles. The summed E-state index contributed by atoms with van der Waals surface area (Å²) >= 11 is 0. The van der Waals surface area contributed by atoms with Gasteiger partial charge < -0.3 is 29.2 Å². The molecular weight excluding hydrogens is 716 g/mol. The molecule has 1 N–H and O–H groups in total. The molecule has 0 aliphatic heterocycles. The van der Waals surface area contributed by atoms with Crippen LogP contribution in [0.15, 0.2) is 147 Å². The van der Waals surface area contributed by atoms with Gasteiger partial charge in [-0.2, -0.15) is 0 Å². The molecule has 6 rings (SSSR count). The fourth-order valence-corrected chi connectivity index (χ4v) is 6.08. The van der Waals surface area contributed by atoms with Crippen molar-refractivity contribution in [2.75, 3.05) is 52.4 Å². The summed E-state index contributed by atoms with van der Waals surface area (Å²) in [5.41, 5.74) is 4.45. The van der Waals surface area contributed by atoms with Gasteiger partial charge in [0, 0.05) is 80.9 Å². The fraction of sp³-hybridized carbons (Fsp3) is 0.304. The summed E-state index contributed by atoms with van der Waals surface area (Å²) < 4.78 is 15.0. The Labute approximate surface area is 337 Å². The Morgan fingerprint density at radius 1 is 0.596 bits per heavy atom. The van der Waals surface area contributed by atoms with Crippen molar-refractivity contribution < 1.29 is 14.0 Å². The molecular formula is C46H57FN8O2. The van der Waals surface area contributed by atoms with Gasteiger partial charge in [0.15, 0.2) is 0 Å². The number of amides is 2. The summed E-state index contributed by atoms with van der Waals surface area (Å²) in [5, 5.41) is 0. The minimum absolute atomic E-state index is 0.0631. The van der Waals surface area contributed by atoms with Gasteiger partial charge in [-0.05, 0) is 85.8 Å². The van der Waals surface area contributed by atoms with E-state index in [0.29, 0.717) is 37.3 Å². The van der Waals surface area contributed by atoms with Gasteiger partial charge in [0.2, 0.25) is 0 Å². The number of hydrogen-bond donors (Lipinski definition) is 1. The van der Waals surface area contributed by atoms with E-state index >= 15 is 0 Å². The van der Waals surface area contributed by atoms with Crippen molar-refractivity contribution in [3.8, 4) is 5.69 Å². The highest BCUT2D eigenvalue weighted by Crippen LogP contribution is 2.15. The highest BCUT2D eigenvalue weighted by atomic mass is 19.1. The Kier molecular flexibility index (Phi) is 18.9. The summed E-state index contributed by atoms with van der Waals surface area (Å²) in [6.45, 7) is 16.7. The second-order valence-corrected chi connectivity index (χ2v) is 13.3. The number of carbonyl (C=O) groups excluding carboxylic acids is 2. The molecule has 0 bridgehead atoms. The number of nitrogens with zero attached hydrogens (tertiary/aromatic N) is 7. The number of aromatic nitrogens is 4. The van der Waals surface area contributed by atoms with E-state index in [0.717, 1.165) is 56.1 Å². The predicted molar refractivity (Wildman–Crippen MR) is 226 cm³/mol. The van der Waals surface area contributed by atoms with Crippen molar-refractivity contribution in [3.05, 3.63) is 175 Å². The lowest BCUT2D eigenvalue weighted by molar-refractivity contribution is 0.0717. The van der Waals surface area contributed by atoms with E-state index in [1.54, 1.807) is 43.4 Å². The van der Waals surface area contributed by atoms with E-state index < -0.39 is 0 Å². The second kappa shape index (κ2) is 24.6. The first kappa shape index (κ1) is 43.8. The lowest BCUT2D eigenvalue weighted by atomic mass is 10.1. The van der Waals surface area contributed by atoms with Crippen LogP contribution < -0.4 is 0 Å². The Bertz CT molecular complexity index is 1910. The molecule has 2 amide bonds. The molecule has 0 unspecified atom stereocenters. The molecule has 57 heavy (non-hydrogen) atoms. The first-order valence-corrected chi connectivity index (χ1v) is 19.7. The first-order chi connectivity index (χ1) is 27.8. The van der Waals surface area contributed by atoms with E-state index in [9.17, 15) is 14.0 Å². The van der Waals surface area contributed by atoms with Crippen molar-refractivity contribution in [1.29, 1.82) is 0 Å². The number of benzene rings is 4. The minimum Gasteiger partial charge on any atom is -0.351 e. The van der Waals surface area contributed by atoms with Crippen molar-refractivity contribution in [3.63, 3.8) is 0 Å². The number of carbonyl (C=O) groups is 2. The minimum atomic E-state index is -0.329. The van der Waals surface area contributed by atoms with Gasteiger partial charge >= 0.3 is 0 Å². The molecule has 2 aromatic heterocycles. The van der Waals surface area contributed by atoms with Crippen LogP contribution in [0, 0.1) is 5.82 Å². The zero-order valence-electron chi connectivity index (χ0n) is 33.8. The zero-order valence-corrected chi connectivity index (χ0v) is 33.8. The molecule has 0 saturated carbocycles. The van der Waals surface area contributed by atoms with E-state index in [-0.39, 0.29) is 17.6 Å². The first-order valence-electron chi connectivity index (χ1n) is 19.7. The number of aromatic amines is 1. The summed E-state index contributed by atoms with van der Waals surface area (Å²) in [5.74, 6) is -0.330.